The predicted molar refractivity (Wildman–Crippen MR) is 64.7 cm³/mol. The SMILES string of the molecule is COC(C)CCC(=O)NC(CC(=O)O)C(C)C. The van der Waals surface area contributed by atoms with Crippen LogP contribution < -0.4 is 5.32 Å². The van der Waals surface area contributed by atoms with Crippen LogP contribution in [0.4, 0.5) is 0 Å². The maximum absolute atomic E-state index is 11.6. The molecule has 1 amide bonds. The zero-order chi connectivity index (χ0) is 13.4. The summed E-state index contributed by atoms with van der Waals surface area (Å²) >= 11 is 0. The normalized spacial score (nSPS) is 14.4. The molecule has 2 N–H and O–H groups in total. The number of amides is 1. The summed E-state index contributed by atoms with van der Waals surface area (Å²) in [5.41, 5.74) is 0. The van der Waals surface area contributed by atoms with Gasteiger partial charge in [-0.05, 0) is 19.3 Å². The lowest BCUT2D eigenvalue weighted by molar-refractivity contribution is -0.138. The van der Waals surface area contributed by atoms with Gasteiger partial charge in [-0.1, -0.05) is 13.8 Å². The third-order valence-corrected chi connectivity index (χ3v) is 2.73. The van der Waals surface area contributed by atoms with Crippen LogP contribution in [0, 0.1) is 5.92 Å². The van der Waals surface area contributed by atoms with Gasteiger partial charge in [-0.15, -0.1) is 0 Å². The number of methoxy groups -OCH3 is 1. The summed E-state index contributed by atoms with van der Waals surface area (Å²) in [5.74, 6) is -0.905. The number of hydrogen-bond acceptors (Lipinski definition) is 3. The molecule has 0 aromatic carbocycles. The lowest BCUT2D eigenvalue weighted by atomic mass is 10.0. The molecular weight excluding hydrogens is 222 g/mol. The minimum Gasteiger partial charge on any atom is -0.481 e. The highest BCUT2D eigenvalue weighted by Gasteiger charge is 2.19. The molecule has 2 unspecified atom stereocenters. The van der Waals surface area contributed by atoms with Crippen LogP contribution in [-0.4, -0.2) is 36.2 Å². The highest BCUT2D eigenvalue weighted by molar-refractivity contribution is 5.77. The van der Waals surface area contributed by atoms with Gasteiger partial charge in [0.05, 0.1) is 12.5 Å². The van der Waals surface area contributed by atoms with E-state index in [0.717, 1.165) is 0 Å². The summed E-state index contributed by atoms with van der Waals surface area (Å²) in [4.78, 5) is 22.2. The fourth-order valence-electron chi connectivity index (χ4n) is 1.37. The minimum atomic E-state index is -0.894. The van der Waals surface area contributed by atoms with Gasteiger partial charge in [0.15, 0.2) is 0 Å². The molecule has 17 heavy (non-hydrogen) atoms. The van der Waals surface area contributed by atoms with Crippen molar-refractivity contribution in [3.63, 3.8) is 0 Å². The smallest absolute Gasteiger partial charge is 0.305 e. The largest absolute Gasteiger partial charge is 0.481 e. The first-order chi connectivity index (χ1) is 7.86. The van der Waals surface area contributed by atoms with Crippen molar-refractivity contribution in [3.8, 4) is 0 Å². The fraction of sp³-hybridized carbons (Fsp3) is 0.833. The van der Waals surface area contributed by atoms with E-state index in [4.69, 9.17) is 9.84 Å². The van der Waals surface area contributed by atoms with E-state index < -0.39 is 5.97 Å². The third kappa shape index (κ3) is 7.74. The maximum Gasteiger partial charge on any atom is 0.305 e. The molecule has 100 valence electrons. The molecule has 2 atom stereocenters. The van der Waals surface area contributed by atoms with Gasteiger partial charge in [-0.25, -0.2) is 0 Å². The number of carbonyl (C=O) groups is 2. The summed E-state index contributed by atoms with van der Waals surface area (Å²) in [6.07, 6.45) is 0.999. The Bertz CT molecular complexity index is 253. The van der Waals surface area contributed by atoms with Crippen LogP contribution in [0.1, 0.15) is 40.0 Å². The Morgan fingerprint density at radius 2 is 1.88 bits per heavy atom. The Morgan fingerprint density at radius 3 is 2.29 bits per heavy atom. The number of nitrogens with one attached hydrogen (secondary N) is 1. The number of hydrogen-bond donors (Lipinski definition) is 2. The number of carbonyl (C=O) groups excluding carboxylic acids is 1. The molecule has 0 saturated carbocycles. The van der Waals surface area contributed by atoms with Crippen molar-refractivity contribution in [2.45, 2.75) is 52.2 Å². The molecule has 0 heterocycles. The number of rotatable bonds is 8. The molecule has 0 aliphatic carbocycles. The van der Waals surface area contributed by atoms with Crippen LogP contribution in [0.3, 0.4) is 0 Å². The van der Waals surface area contributed by atoms with Crippen molar-refractivity contribution in [2.24, 2.45) is 5.92 Å². The van der Waals surface area contributed by atoms with Crippen molar-refractivity contribution in [1.82, 2.24) is 5.32 Å². The first-order valence-electron chi connectivity index (χ1n) is 5.90. The van der Waals surface area contributed by atoms with E-state index in [9.17, 15) is 9.59 Å². The van der Waals surface area contributed by atoms with Gasteiger partial charge < -0.3 is 15.2 Å². The standard InChI is InChI=1S/C12H23NO4/c1-8(2)10(7-12(15)16)13-11(14)6-5-9(3)17-4/h8-10H,5-7H2,1-4H3,(H,13,14)(H,15,16). The van der Waals surface area contributed by atoms with Gasteiger partial charge in [0.25, 0.3) is 0 Å². The van der Waals surface area contributed by atoms with Crippen molar-refractivity contribution < 1.29 is 19.4 Å². The quantitative estimate of drug-likeness (QED) is 0.678. The number of carboxylic acids is 1. The van der Waals surface area contributed by atoms with Crippen LogP contribution in [0.5, 0.6) is 0 Å². The van der Waals surface area contributed by atoms with E-state index in [-0.39, 0.29) is 30.4 Å². The first-order valence-corrected chi connectivity index (χ1v) is 5.90. The summed E-state index contributed by atoms with van der Waals surface area (Å²) in [5, 5.41) is 11.5. The molecule has 0 aromatic rings. The molecule has 0 aromatic heterocycles. The number of ether oxygens (including phenoxy) is 1. The Kier molecular flexibility index (Phi) is 7.54. The lowest BCUT2D eigenvalue weighted by Crippen LogP contribution is -2.40. The Hall–Kier alpha value is -1.10. The third-order valence-electron chi connectivity index (χ3n) is 2.73. The molecule has 0 spiro atoms. The average Bonchev–Trinajstić information content (AvgIpc) is 2.24. The predicted octanol–water partition coefficient (Wildman–Crippen LogP) is 1.42. The van der Waals surface area contributed by atoms with Crippen LogP contribution in [0.25, 0.3) is 0 Å². The van der Waals surface area contributed by atoms with E-state index in [2.05, 4.69) is 5.32 Å². The Balaban J connectivity index is 4.08. The second-order valence-electron chi connectivity index (χ2n) is 4.60. The average molecular weight is 245 g/mol. The summed E-state index contributed by atoms with van der Waals surface area (Å²) in [7, 11) is 1.60. The summed E-state index contributed by atoms with van der Waals surface area (Å²) in [6.45, 7) is 5.68. The second-order valence-corrected chi connectivity index (χ2v) is 4.60. The van der Waals surface area contributed by atoms with E-state index >= 15 is 0 Å². The van der Waals surface area contributed by atoms with Crippen LogP contribution >= 0.6 is 0 Å². The van der Waals surface area contributed by atoms with Gasteiger partial charge in [0, 0.05) is 19.6 Å². The first kappa shape index (κ1) is 15.9. The fourth-order valence-corrected chi connectivity index (χ4v) is 1.37. The van der Waals surface area contributed by atoms with E-state index in [1.807, 2.05) is 20.8 Å². The zero-order valence-corrected chi connectivity index (χ0v) is 11.0. The second kappa shape index (κ2) is 8.06. The molecular formula is C12H23NO4. The van der Waals surface area contributed by atoms with Gasteiger partial charge in [0.2, 0.25) is 5.91 Å². The topological polar surface area (TPSA) is 75.6 Å². The van der Waals surface area contributed by atoms with Gasteiger partial charge >= 0.3 is 5.97 Å². The van der Waals surface area contributed by atoms with Crippen LogP contribution in [0.2, 0.25) is 0 Å². The van der Waals surface area contributed by atoms with E-state index in [0.29, 0.717) is 12.8 Å². The highest BCUT2D eigenvalue weighted by Crippen LogP contribution is 2.07. The van der Waals surface area contributed by atoms with Crippen LogP contribution in [0.15, 0.2) is 0 Å². The van der Waals surface area contributed by atoms with E-state index in [1.165, 1.54) is 0 Å². The molecule has 0 saturated heterocycles. The molecule has 0 aliphatic rings. The maximum atomic E-state index is 11.6. The van der Waals surface area contributed by atoms with Crippen LogP contribution in [-0.2, 0) is 14.3 Å². The molecule has 0 fully saturated rings. The number of aliphatic carboxylic acids is 1. The summed E-state index contributed by atoms with van der Waals surface area (Å²) < 4.78 is 5.04. The molecule has 0 rings (SSSR count). The number of carboxylic acid groups (broad SMARTS) is 1. The van der Waals surface area contributed by atoms with Gasteiger partial charge in [-0.2, -0.15) is 0 Å². The molecule has 0 radical (unpaired) electrons. The molecule has 0 aliphatic heterocycles. The van der Waals surface area contributed by atoms with Crippen molar-refractivity contribution in [2.75, 3.05) is 7.11 Å². The van der Waals surface area contributed by atoms with E-state index in [1.54, 1.807) is 7.11 Å². The molecule has 5 nitrogen and oxygen atoms in total. The monoisotopic (exact) mass is 245 g/mol. The van der Waals surface area contributed by atoms with Gasteiger partial charge in [-0.3, -0.25) is 9.59 Å². The minimum absolute atomic E-state index is 0.0385. The molecule has 5 heteroatoms. The Morgan fingerprint density at radius 1 is 1.29 bits per heavy atom. The lowest BCUT2D eigenvalue weighted by Gasteiger charge is -2.21. The summed E-state index contributed by atoms with van der Waals surface area (Å²) in [6, 6.07) is -0.308. The van der Waals surface area contributed by atoms with Gasteiger partial charge in [0.1, 0.15) is 0 Å². The molecule has 0 bridgehead atoms. The Labute approximate surface area is 103 Å². The van der Waals surface area contributed by atoms with Crippen molar-refractivity contribution in [3.05, 3.63) is 0 Å². The zero-order valence-electron chi connectivity index (χ0n) is 11.0. The van der Waals surface area contributed by atoms with Crippen molar-refractivity contribution in [1.29, 1.82) is 0 Å². The van der Waals surface area contributed by atoms with Crippen molar-refractivity contribution >= 4 is 11.9 Å². The highest BCUT2D eigenvalue weighted by atomic mass is 16.5.